The Bertz CT molecular complexity index is 729. The van der Waals surface area contributed by atoms with E-state index < -0.39 is 0 Å². The number of aromatic nitrogens is 3. The maximum Gasteiger partial charge on any atom is 0.222 e. The molecule has 146 valence electrons. The number of nitrogens with zero attached hydrogens (tertiary/aromatic N) is 5. The molecule has 0 aliphatic carbocycles. The van der Waals surface area contributed by atoms with E-state index in [2.05, 4.69) is 45.4 Å². The maximum absolute atomic E-state index is 12.5. The molecule has 0 spiro atoms. The van der Waals surface area contributed by atoms with E-state index in [-0.39, 0.29) is 11.9 Å². The lowest BCUT2D eigenvalue weighted by Gasteiger charge is -2.23. The number of carbonyl (C=O) groups excluding carboxylic acids is 1. The van der Waals surface area contributed by atoms with Crippen LogP contribution in [-0.4, -0.2) is 70.2 Å². The fourth-order valence-corrected chi connectivity index (χ4v) is 3.74. The summed E-state index contributed by atoms with van der Waals surface area (Å²) >= 11 is 0. The Kier molecular flexibility index (Phi) is 6.58. The molecule has 1 aliphatic heterocycles. The molecule has 7 heteroatoms. The van der Waals surface area contributed by atoms with Crippen molar-refractivity contribution in [3.63, 3.8) is 0 Å². The van der Waals surface area contributed by atoms with Gasteiger partial charge >= 0.3 is 0 Å². The summed E-state index contributed by atoms with van der Waals surface area (Å²) in [7, 11) is 4.17. The van der Waals surface area contributed by atoms with Gasteiger partial charge in [-0.2, -0.15) is 5.10 Å². The van der Waals surface area contributed by atoms with Gasteiger partial charge in [0.1, 0.15) is 0 Å². The Morgan fingerprint density at radius 1 is 1.33 bits per heavy atom. The first-order chi connectivity index (χ1) is 13.0. The summed E-state index contributed by atoms with van der Waals surface area (Å²) in [4.78, 5) is 21.3. The highest BCUT2D eigenvalue weighted by Crippen LogP contribution is 2.20. The van der Waals surface area contributed by atoms with Crippen molar-refractivity contribution in [3.05, 3.63) is 48.0 Å². The van der Waals surface area contributed by atoms with E-state index in [1.807, 2.05) is 36.3 Å². The van der Waals surface area contributed by atoms with Crippen LogP contribution >= 0.6 is 0 Å². The number of hydrogen-bond acceptors (Lipinski definition) is 5. The summed E-state index contributed by atoms with van der Waals surface area (Å²) in [5.74, 6) is 0.521. The fourth-order valence-electron chi connectivity index (χ4n) is 3.74. The van der Waals surface area contributed by atoms with Gasteiger partial charge < -0.3 is 10.2 Å². The lowest BCUT2D eigenvalue weighted by molar-refractivity contribution is -0.122. The zero-order chi connectivity index (χ0) is 19.2. The Balaban J connectivity index is 1.54. The molecule has 1 aliphatic rings. The van der Waals surface area contributed by atoms with Crippen molar-refractivity contribution < 1.29 is 4.79 Å². The monoisotopic (exact) mass is 370 g/mol. The van der Waals surface area contributed by atoms with Gasteiger partial charge in [0.05, 0.1) is 6.20 Å². The van der Waals surface area contributed by atoms with Gasteiger partial charge in [0.15, 0.2) is 0 Å². The van der Waals surface area contributed by atoms with Crippen LogP contribution in [0.15, 0.2) is 36.9 Å². The number of hydrogen-bond donors (Lipinski definition) is 1. The largest absolute Gasteiger partial charge is 0.352 e. The first-order valence-electron chi connectivity index (χ1n) is 9.54. The fraction of sp³-hybridized carbons (Fsp3) is 0.550. The quantitative estimate of drug-likeness (QED) is 0.755. The van der Waals surface area contributed by atoms with Crippen molar-refractivity contribution >= 4 is 5.91 Å². The molecule has 0 bridgehead atoms. The van der Waals surface area contributed by atoms with Crippen LogP contribution in [0.4, 0.5) is 0 Å². The standard InChI is InChI=1S/C20H30N6O/c1-16-9-22-26(11-16)8-6-20(27)23-19-15-25(14-18(19)13-24(2)3)12-17-5-4-7-21-10-17/h4-5,7,9-11,18-19H,6,8,12-15H2,1-3H3,(H,23,27)/t18-,19-/m1/s1. The van der Waals surface area contributed by atoms with Gasteiger partial charge in [-0.25, -0.2) is 0 Å². The van der Waals surface area contributed by atoms with E-state index in [0.717, 1.165) is 31.7 Å². The highest BCUT2D eigenvalue weighted by Gasteiger charge is 2.33. The summed E-state index contributed by atoms with van der Waals surface area (Å²) < 4.78 is 1.83. The van der Waals surface area contributed by atoms with E-state index >= 15 is 0 Å². The van der Waals surface area contributed by atoms with Crippen molar-refractivity contribution in [2.24, 2.45) is 5.92 Å². The van der Waals surface area contributed by atoms with E-state index in [1.165, 1.54) is 5.56 Å². The van der Waals surface area contributed by atoms with E-state index in [1.54, 1.807) is 6.20 Å². The number of aryl methyl sites for hydroxylation is 2. The van der Waals surface area contributed by atoms with Crippen LogP contribution in [-0.2, 0) is 17.9 Å². The third-order valence-corrected chi connectivity index (χ3v) is 4.92. The third-order valence-electron chi connectivity index (χ3n) is 4.92. The molecule has 0 aromatic carbocycles. The molecule has 1 saturated heterocycles. The second kappa shape index (κ2) is 9.10. The minimum absolute atomic E-state index is 0.0973. The van der Waals surface area contributed by atoms with Crippen LogP contribution in [0.2, 0.25) is 0 Å². The molecule has 2 aromatic heterocycles. The Labute approximate surface area is 161 Å². The summed E-state index contributed by atoms with van der Waals surface area (Å²) in [6, 6.07) is 4.25. The molecule has 7 nitrogen and oxygen atoms in total. The highest BCUT2D eigenvalue weighted by atomic mass is 16.1. The molecular formula is C20H30N6O. The molecule has 0 radical (unpaired) electrons. The van der Waals surface area contributed by atoms with Crippen LogP contribution in [0.25, 0.3) is 0 Å². The molecule has 1 N–H and O–H groups in total. The zero-order valence-corrected chi connectivity index (χ0v) is 16.5. The van der Waals surface area contributed by atoms with Gasteiger partial charge in [-0.15, -0.1) is 0 Å². The first kappa shape index (κ1) is 19.5. The normalized spacial score (nSPS) is 20.3. The van der Waals surface area contributed by atoms with Gasteiger partial charge in [0.25, 0.3) is 0 Å². The number of pyridine rings is 1. The number of carbonyl (C=O) groups is 1. The van der Waals surface area contributed by atoms with Crippen molar-refractivity contribution in [2.75, 3.05) is 33.7 Å². The smallest absolute Gasteiger partial charge is 0.222 e. The number of likely N-dealkylation sites (tertiary alicyclic amines) is 1. The Hall–Kier alpha value is -2.25. The van der Waals surface area contributed by atoms with Crippen molar-refractivity contribution in [3.8, 4) is 0 Å². The molecule has 3 heterocycles. The van der Waals surface area contributed by atoms with Crippen LogP contribution in [0, 0.1) is 12.8 Å². The summed E-state index contributed by atoms with van der Waals surface area (Å²) in [5, 5.41) is 7.51. The van der Waals surface area contributed by atoms with Crippen molar-refractivity contribution in [1.29, 1.82) is 0 Å². The number of amides is 1. The van der Waals surface area contributed by atoms with Gasteiger partial charge in [0, 0.05) is 69.7 Å². The first-order valence-corrected chi connectivity index (χ1v) is 9.54. The van der Waals surface area contributed by atoms with Crippen LogP contribution in [0.5, 0.6) is 0 Å². The Morgan fingerprint density at radius 2 is 2.19 bits per heavy atom. The minimum Gasteiger partial charge on any atom is -0.352 e. The second-order valence-electron chi connectivity index (χ2n) is 7.78. The molecule has 2 aromatic rings. The maximum atomic E-state index is 12.5. The van der Waals surface area contributed by atoms with Crippen molar-refractivity contribution in [1.82, 2.24) is 29.9 Å². The molecule has 0 saturated carbocycles. The number of rotatable bonds is 8. The molecule has 3 rings (SSSR count). The van der Waals surface area contributed by atoms with E-state index in [9.17, 15) is 4.79 Å². The minimum atomic E-state index is 0.0973. The van der Waals surface area contributed by atoms with Crippen LogP contribution in [0.3, 0.4) is 0 Å². The predicted molar refractivity (Wildman–Crippen MR) is 105 cm³/mol. The van der Waals surface area contributed by atoms with Gasteiger partial charge in [-0.3, -0.25) is 19.4 Å². The molecule has 1 fully saturated rings. The highest BCUT2D eigenvalue weighted by molar-refractivity contribution is 5.76. The van der Waals surface area contributed by atoms with E-state index in [0.29, 0.717) is 18.9 Å². The van der Waals surface area contributed by atoms with Crippen molar-refractivity contribution in [2.45, 2.75) is 32.5 Å². The average molecular weight is 371 g/mol. The average Bonchev–Trinajstić information content (AvgIpc) is 3.19. The van der Waals surface area contributed by atoms with Gasteiger partial charge in [-0.05, 0) is 38.2 Å². The summed E-state index contributed by atoms with van der Waals surface area (Å²) in [6.45, 7) is 6.31. The molecule has 1 amide bonds. The van der Waals surface area contributed by atoms with Gasteiger partial charge in [0.2, 0.25) is 5.91 Å². The molecule has 27 heavy (non-hydrogen) atoms. The summed E-state index contributed by atoms with van der Waals surface area (Å²) in [6.07, 6.45) is 7.95. The topological polar surface area (TPSA) is 66.3 Å². The SMILES string of the molecule is Cc1cnn(CCC(=O)N[C@@H]2CN(Cc3cccnc3)C[C@H]2CN(C)C)c1. The molecule has 0 unspecified atom stereocenters. The lowest BCUT2D eigenvalue weighted by Crippen LogP contribution is -2.43. The number of nitrogens with one attached hydrogen (secondary N) is 1. The van der Waals surface area contributed by atoms with Gasteiger partial charge in [-0.1, -0.05) is 6.07 Å². The third kappa shape index (κ3) is 5.87. The molecule has 2 atom stereocenters. The predicted octanol–water partition coefficient (Wildman–Crippen LogP) is 1.16. The van der Waals surface area contributed by atoms with Crippen LogP contribution in [0.1, 0.15) is 17.5 Å². The van der Waals surface area contributed by atoms with E-state index in [4.69, 9.17) is 0 Å². The Morgan fingerprint density at radius 3 is 2.85 bits per heavy atom. The van der Waals surface area contributed by atoms with Crippen LogP contribution < -0.4 is 5.32 Å². The second-order valence-corrected chi connectivity index (χ2v) is 7.78. The lowest BCUT2D eigenvalue weighted by atomic mass is 10.0. The summed E-state index contributed by atoms with van der Waals surface area (Å²) in [5.41, 5.74) is 2.32. The molecular weight excluding hydrogens is 340 g/mol. The zero-order valence-electron chi connectivity index (χ0n) is 16.5.